The van der Waals surface area contributed by atoms with Crippen LogP contribution in [-0.2, 0) is 16.8 Å². The lowest BCUT2D eigenvalue weighted by Crippen LogP contribution is -2.15. The number of aromatic nitrogens is 3. The Kier molecular flexibility index (Phi) is 7.00. The highest BCUT2D eigenvalue weighted by Crippen LogP contribution is 2.32. The van der Waals surface area contributed by atoms with E-state index in [0.717, 1.165) is 22.3 Å². The summed E-state index contributed by atoms with van der Waals surface area (Å²) in [5.74, 6) is 0.466. The van der Waals surface area contributed by atoms with E-state index < -0.39 is 5.60 Å². The Balaban J connectivity index is 1.28. The zero-order valence-electron chi connectivity index (χ0n) is 21.8. The van der Waals surface area contributed by atoms with Crippen molar-refractivity contribution in [1.82, 2.24) is 14.6 Å². The van der Waals surface area contributed by atoms with Crippen molar-refractivity contribution in [3.63, 3.8) is 0 Å². The molecule has 0 aliphatic heterocycles. The maximum Gasteiger partial charge on any atom is 0.247 e. The Bertz CT molecular complexity index is 1620. The largest absolute Gasteiger partial charge is 0.495 e. The molecule has 0 saturated heterocycles. The Morgan fingerprint density at radius 1 is 1.00 bits per heavy atom. The standard InChI is InChI=1S/C30H28FN5O3/c1-30(2,38)22-9-14-25(26(17-22)39-3)33-29-34-27-15-8-21(18-36(27)35-29)20-6-12-24(13-7-20)32-28(37)16-19-4-10-23(31)11-5-19/h4-15,17-18,38H,16H2,1-3H3,(H,32,37)(H,33,35). The monoisotopic (exact) mass is 525 g/mol. The number of pyridine rings is 1. The number of anilines is 3. The summed E-state index contributed by atoms with van der Waals surface area (Å²) in [6.45, 7) is 3.44. The van der Waals surface area contributed by atoms with Crippen molar-refractivity contribution in [2.75, 3.05) is 17.7 Å². The molecule has 2 aromatic heterocycles. The third-order valence-corrected chi connectivity index (χ3v) is 6.27. The lowest BCUT2D eigenvalue weighted by Gasteiger charge is -2.19. The van der Waals surface area contributed by atoms with Crippen molar-refractivity contribution in [3.05, 3.63) is 102 Å². The van der Waals surface area contributed by atoms with Gasteiger partial charge in [0.2, 0.25) is 11.9 Å². The average Bonchev–Trinajstić information content (AvgIpc) is 3.31. The van der Waals surface area contributed by atoms with Crippen molar-refractivity contribution in [3.8, 4) is 16.9 Å². The molecule has 5 aromatic rings. The zero-order chi connectivity index (χ0) is 27.6. The number of nitrogens with zero attached hydrogens (tertiary/aromatic N) is 3. The van der Waals surface area contributed by atoms with Gasteiger partial charge in [0, 0.05) is 17.4 Å². The Labute approximate surface area is 225 Å². The van der Waals surface area contributed by atoms with Crippen LogP contribution < -0.4 is 15.4 Å². The molecule has 0 radical (unpaired) electrons. The first kappa shape index (κ1) is 25.9. The van der Waals surface area contributed by atoms with Crippen LogP contribution in [0.1, 0.15) is 25.0 Å². The predicted molar refractivity (Wildman–Crippen MR) is 149 cm³/mol. The molecule has 0 spiro atoms. The summed E-state index contributed by atoms with van der Waals surface area (Å²) >= 11 is 0. The molecule has 0 unspecified atom stereocenters. The second-order valence-corrected chi connectivity index (χ2v) is 9.68. The van der Waals surface area contributed by atoms with Gasteiger partial charge >= 0.3 is 0 Å². The summed E-state index contributed by atoms with van der Waals surface area (Å²) in [5.41, 5.74) is 4.37. The molecular formula is C30H28FN5O3. The van der Waals surface area contributed by atoms with Gasteiger partial charge in [-0.25, -0.2) is 8.91 Å². The van der Waals surface area contributed by atoms with Crippen LogP contribution in [0.5, 0.6) is 5.75 Å². The van der Waals surface area contributed by atoms with Gasteiger partial charge in [0.25, 0.3) is 0 Å². The van der Waals surface area contributed by atoms with E-state index in [0.29, 0.717) is 28.7 Å². The number of carbonyl (C=O) groups is 1. The van der Waals surface area contributed by atoms with Gasteiger partial charge in [-0.2, -0.15) is 4.98 Å². The summed E-state index contributed by atoms with van der Waals surface area (Å²) in [6.07, 6.45) is 2.04. The number of methoxy groups -OCH3 is 1. The first-order valence-corrected chi connectivity index (χ1v) is 12.4. The molecule has 3 N–H and O–H groups in total. The summed E-state index contributed by atoms with van der Waals surface area (Å²) in [6, 6.07) is 22.6. The fraction of sp³-hybridized carbons (Fsp3) is 0.167. The van der Waals surface area contributed by atoms with Crippen LogP contribution in [0.3, 0.4) is 0 Å². The number of hydrogen-bond donors (Lipinski definition) is 3. The minimum absolute atomic E-state index is 0.163. The number of rotatable bonds is 8. The zero-order valence-corrected chi connectivity index (χ0v) is 21.8. The molecule has 9 heteroatoms. The maximum atomic E-state index is 13.1. The minimum Gasteiger partial charge on any atom is -0.495 e. The molecule has 198 valence electrons. The number of nitrogens with one attached hydrogen (secondary N) is 2. The van der Waals surface area contributed by atoms with Gasteiger partial charge in [-0.1, -0.05) is 30.3 Å². The van der Waals surface area contributed by atoms with Crippen molar-refractivity contribution in [2.45, 2.75) is 25.9 Å². The molecule has 1 amide bonds. The van der Waals surface area contributed by atoms with Gasteiger partial charge < -0.3 is 20.5 Å². The number of halogens is 1. The Hall–Kier alpha value is -4.76. The van der Waals surface area contributed by atoms with Crippen molar-refractivity contribution in [2.24, 2.45) is 0 Å². The highest BCUT2D eigenvalue weighted by Gasteiger charge is 2.18. The van der Waals surface area contributed by atoms with Gasteiger partial charge in [0.1, 0.15) is 11.6 Å². The van der Waals surface area contributed by atoms with E-state index >= 15 is 0 Å². The molecule has 0 aliphatic rings. The summed E-state index contributed by atoms with van der Waals surface area (Å²) in [7, 11) is 1.57. The van der Waals surface area contributed by atoms with Crippen molar-refractivity contribution >= 4 is 28.9 Å². The molecule has 39 heavy (non-hydrogen) atoms. The molecule has 8 nitrogen and oxygen atoms in total. The van der Waals surface area contributed by atoms with Gasteiger partial charge in [-0.15, -0.1) is 5.10 Å². The van der Waals surface area contributed by atoms with Crippen LogP contribution in [0.15, 0.2) is 85.1 Å². The average molecular weight is 526 g/mol. The van der Waals surface area contributed by atoms with E-state index in [9.17, 15) is 14.3 Å². The first-order chi connectivity index (χ1) is 18.7. The quantitative estimate of drug-likeness (QED) is 0.240. The number of aliphatic hydroxyl groups is 1. The smallest absolute Gasteiger partial charge is 0.247 e. The maximum absolute atomic E-state index is 13.1. The second kappa shape index (κ2) is 10.5. The molecule has 0 bridgehead atoms. The van der Waals surface area contributed by atoms with E-state index in [1.807, 2.05) is 54.7 Å². The molecule has 0 saturated carbocycles. The second-order valence-electron chi connectivity index (χ2n) is 9.68. The van der Waals surface area contributed by atoms with E-state index in [-0.39, 0.29) is 18.1 Å². The molecule has 5 rings (SSSR count). The lowest BCUT2D eigenvalue weighted by atomic mass is 9.98. The molecular weight excluding hydrogens is 497 g/mol. The summed E-state index contributed by atoms with van der Waals surface area (Å²) in [5, 5.41) is 20.9. The van der Waals surface area contributed by atoms with Crippen LogP contribution in [0.2, 0.25) is 0 Å². The van der Waals surface area contributed by atoms with E-state index in [4.69, 9.17) is 4.74 Å². The minimum atomic E-state index is -0.989. The number of ether oxygens (including phenoxy) is 1. The number of carbonyl (C=O) groups excluding carboxylic acids is 1. The molecule has 0 atom stereocenters. The fourth-order valence-electron chi connectivity index (χ4n) is 4.14. The number of fused-ring (bicyclic) bond motifs is 1. The Morgan fingerprint density at radius 3 is 2.41 bits per heavy atom. The number of benzene rings is 3. The summed E-state index contributed by atoms with van der Waals surface area (Å²) < 4.78 is 20.3. The van der Waals surface area contributed by atoms with Crippen LogP contribution in [0, 0.1) is 5.82 Å². The van der Waals surface area contributed by atoms with Crippen LogP contribution >= 0.6 is 0 Å². The number of amides is 1. The highest BCUT2D eigenvalue weighted by atomic mass is 19.1. The van der Waals surface area contributed by atoms with Crippen molar-refractivity contribution in [1.29, 1.82) is 0 Å². The van der Waals surface area contributed by atoms with E-state index in [2.05, 4.69) is 20.7 Å². The number of hydrogen-bond acceptors (Lipinski definition) is 6. The van der Waals surface area contributed by atoms with Gasteiger partial charge in [0.05, 0.1) is 24.8 Å². The molecule has 2 heterocycles. The van der Waals surface area contributed by atoms with E-state index in [1.165, 1.54) is 12.1 Å². The Morgan fingerprint density at radius 2 is 1.72 bits per heavy atom. The lowest BCUT2D eigenvalue weighted by molar-refractivity contribution is -0.115. The van der Waals surface area contributed by atoms with Crippen LogP contribution in [-0.4, -0.2) is 32.7 Å². The topological polar surface area (TPSA) is 101 Å². The van der Waals surface area contributed by atoms with Crippen molar-refractivity contribution < 1.29 is 19.0 Å². The SMILES string of the molecule is COc1cc(C(C)(C)O)ccc1Nc1nc2ccc(-c3ccc(NC(=O)Cc4ccc(F)cc4)cc3)cn2n1. The van der Waals surface area contributed by atoms with Gasteiger partial charge in [0.15, 0.2) is 5.65 Å². The third kappa shape index (κ3) is 6.05. The predicted octanol–water partition coefficient (Wildman–Crippen LogP) is 5.70. The molecule has 0 aliphatic carbocycles. The fourth-order valence-corrected chi connectivity index (χ4v) is 4.14. The molecule has 3 aromatic carbocycles. The third-order valence-electron chi connectivity index (χ3n) is 6.27. The summed E-state index contributed by atoms with van der Waals surface area (Å²) in [4.78, 5) is 16.9. The highest BCUT2D eigenvalue weighted by molar-refractivity contribution is 5.92. The molecule has 0 fully saturated rings. The van der Waals surface area contributed by atoms with Gasteiger partial charge in [-0.3, -0.25) is 4.79 Å². The normalized spacial score (nSPS) is 11.4. The van der Waals surface area contributed by atoms with Crippen LogP contribution in [0.25, 0.3) is 16.8 Å². The van der Waals surface area contributed by atoms with Crippen LogP contribution in [0.4, 0.5) is 21.7 Å². The first-order valence-electron chi connectivity index (χ1n) is 12.4. The van der Waals surface area contributed by atoms with Gasteiger partial charge in [-0.05, 0) is 79.1 Å². The van der Waals surface area contributed by atoms with E-state index in [1.54, 1.807) is 43.7 Å².